The Balaban J connectivity index is 0.000000457. The zero-order chi connectivity index (χ0) is 11.5. The fourth-order valence-corrected chi connectivity index (χ4v) is 3.13. The van der Waals surface area contributed by atoms with Crippen LogP contribution in [0.25, 0.3) is 20.2 Å². The second kappa shape index (κ2) is 4.67. The van der Waals surface area contributed by atoms with Crippen molar-refractivity contribution in [1.29, 1.82) is 0 Å². The molecule has 3 rings (SSSR count). The van der Waals surface area contributed by atoms with E-state index in [1.54, 1.807) is 0 Å². The van der Waals surface area contributed by atoms with Crippen LogP contribution in [-0.2, 0) is 0 Å². The third-order valence-electron chi connectivity index (χ3n) is 2.61. The van der Waals surface area contributed by atoms with E-state index in [1.165, 1.54) is 25.7 Å². The van der Waals surface area contributed by atoms with E-state index in [0.29, 0.717) is 0 Å². The number of hydrogen-bond donors (Lipinski definition) is 0. The first-order chi connectivity index (χ1) is 7.86. The lowest BCUT2D eigenvalue weighted by Gasteiger charge is -1.95. The predicted molar refractivity (Wildman–Crippen MR) is 75.4 cm³/mol. The van der Waals surface area contributed by atoms with Gasteiger partial charge in [-0.15, -0.1) is 11.3 Å². The van der Waals surface area contributed by atoms with E-state index in [0.717, 1.165) is 0 Å². The van der Waals surface area contributed by atoms with Gasteiger partial charge in [0, 0.05) is 20.2 Å². The van der Waals surface area contributed by atoms with Gasteiger partial charge in [-0.25, -0.2) is 0 Å². The lowest BCUT2D eigenvalue weighted by molar-refractivity contribution is 1.50. The molecule has 16 heavy (non-hydrogen) atoms. The topological polar surface area (TPSA) is 0 Å². The van der Waals surface area contributed by atoms with Crippen LogP contribution in [0, 0.1) is 6.92 Å². The molecule has 0 nitrogen and oxygen atoms in total. The summed E-state index contributed by atoms with van der Waals surface area (Å²) in [5.74, 6) is 0. The van der Waals surface area contributed by atoms with Gasteiger partial charge in [-0.3, -0.25) is 0 Å². The van der Waals surface area contributed by atoms with Crippen LogP contribution < -0.4 is 0 Å². The molecule has 0 unspecified atom stereocenters. The molecule has 1 heterocycles. The molecule has 0 aliphatic rings. The maximum atomic E-state index is 2.21. The Morgan fingerprint density at radius 1 is 0.812 bits per heavy atom. The summed E-state index contributed by atoms with van der Waals surface area (Å²) >= 11 is 1.88. The van der Waals surface area contributed by atoms with Crippen molar-refractivity contribution < 1.29 is 0 Å². The predicted octanol–water partition coefficient (Wildman–Crippen LogP) is 5.39. The molecule has 0 aliphatic carbocycles. The molecule has 0 spiro atoms. The summed E-state index contributed by atoms with van der Waals surface area (Å²) in [5, 5.41) is 2.82. The minimum Gasteiger partial charge on any atom is -0.135 e. The summed E-state index contributed by atoms with van der Waals surface area (Å²) < 4.78 is 2.78. The minimum absolute atomic E-state index is 1.37. The van der Waals surface area contributed by atoms with Crippen molar-refractivity contribution in [2.24, 2.45) is 0 Å². The molecule has 0 fully saturated rings. The van der Waals surface area contributed by atoms with Crippen molar-refractivity contribution in [3.8, 4) is 0 Å². The zero-order valence-electron chi connectivity index (χ0n) is 9.95. The van der Waals surface area contributed by atoms with E-state index in [4.69, 9.17) is 0 Å². The number of thiophene rings is 1. The fraction of sp³-hybridized carbons (Fsp3) is 0.200. The van der Waals surface area contributed by atoms with Gasteiger partial charge in [-0.1, -0.05) is 44.2 Å². The van der Waals surface area contributed by atoms with Crippen molar-refractivity contribution in [1.82, 2.24) is 0 Å². The fourth-order valence-electron chi connectivity index (χ4n) is 1.95. The Hall–Kier alpha value is -1.34. The Bertz CT molecular complexity index is 605. The van der Waals surface area contributed by atoms with Crippen LogP contribution in [0.15, 0.2) is 42.5 Å². The molecule has 0 amide bonds. The van der Waals surface area contributed by atoms with Gasteiger partial charge in [-0.05, 0) is 24.6 Å². The highest BCUT2D eigenvalue weighted by molar-refractivity contribution is 7.25. The van der Waals surface area contributed by atoms with Crippen LogP contribution in [0.2, 0.25) is 0 Å². The van der Waals surface area contributed by atoms with E-state index < -0.39 is 0 Å². The number of aryl methyl sites for hydroxylation is 1. The normalized spacial score (nSPS) is 10.2. The van der Waals surface area contributed by atoms with Crippen LogP contribution in [-0.4, -0.2) is 0 Å². The third kappa shape index (κ3) is 1.72. The van der Waals surface area contributed by atoms with Crippen LogP contribution in [0.5, 0.6) is 0 Å². The first-order valence-electron chi connectivity index (χ1n) is 5.73. The van der Waals surface area contributed by atoms with Crippen molar-refractivity contribution in [3.05, 3.63) is 48.0 Å². The molecule has 0 saturated carbocycles. The maximum absolute atomic E-state index is 2.21. The molecular weight excluding hydrogens is 212 g/mol. The molecular formula is C15H16S. The van der Waals surface area contributed by atoms with Crippen LogP contribution in [0.3, 0.4) is 0 Å². The van der Waals surface area contributed by atoms with E-state index in [1.807, 2.05) is 25.2 Å². The van der Waals surface area contributed by atoms with Gasteiger partial charge < -0.3 is 0 Å². The molecule has 0 atom stereocenters. The molecule has 0 bridgehead atoms. The summed E-state index contributed by atoms with van der Waals surface area (Å²) in [7, 11) is 0. The first kappa shape index (κ1) is 11.2. The summed E-state index contributed by atoms with van der Waals surface area (Å²) in [5.41, 5.74) is 1.37. The Labute approximate surface area is 101 Å². The second-order valence-corrected chi connectivity index (χ2v) is 4.63. The molecule has 0 radical (unpaired) electrons. The molecule has 1 heteroatoms. The van der Waals surface area contributed by atoms with Crippen LogP contribution >= 0.6 is 11.3 Å². The first-order valence-corrected chi connectivity index (χ1v) is 6.55. The maximum Gasteiger partial charge on any atom is 0.0358 e. The summed E-state index contributed by atoms with van der Waals surface area (Å²) in [6.07, 6.45) is 0. The molecule has 0 N–H and O–H groups in total. The molecule has 1 aromatic heterocycles. The Kier molecular flexibility index (Phi) is 3.25. The third-order valence-corrected chi connectivity index (χ3v) is 3.75. The second-order valence-electron chi connectivity index (χ2n) is 3.55. The average molecular weight is 228 g/mol. The summed E-state index contributed by atoms with van der Waals surface area (Å²) in [6, 6.07) is 15.1. The van der Waals surface area contributed by atoms with Gasteiger partial charge in [0.2, 0.25) is 0 Å². The van der Waals surface area contributed by atoms with Crippen molar-refractivity contribution in [2.45, 2.75) is 20.8 Å². The number of hydrogen-bond acceptors (Lipinski definition) is 1. The smallest absolute Gasteiger partial charge is 0.0358 e. The SMILES string of the molecule is CC.Cc1cccc2sc3ccccc3c12. The summed E-state index contributed by atoms with van der Waals surface area (Å²) in [4.78, 5) is 0. The van der Waals surface area contributed by atoms with Crippen LogP contribution in [0.1, 0.15) is 19.4 Å². The highest BCUT2D eigenvalue weighted by Gasteiger charge is 2.04. The van der Waals surface area contributed by atoms with Crippen molar-refractivity contribution in [3.63, 3.8) is 0 Å². The van der Waals surface area contributed by atoms with E-state index in [9.17, 15) is 0 Å². The van der Waals surface area contributed by atoms with E-state index in [-0.39, 0.29) is 0 Å². The largest absolute Gasteiger partial charge is 0.135 e. The molecule has 2 aromatic carbocycles. The van der Waals surface area contributed by atoms with Gasteiger partial charge in [0.1, 0.15) is 0 Å². The van der Waals surface area contributed by atoms with Gasteiger partial charge in [0.05, 0.1) is 0 Å². The van der Waals surface area contributed by atoms with Crippen molar-refractivity contribution >= 4 is 31.5 Å². The zero-order valence-corrected chi connectivity index (χ0v) is 10.8. The Morgan fingerprint density at radius 3 is 2.31 bits per heavy atom. The number of fused-ring (bicyclic) bond motifs is 3. The number of rotatable bonds is 0. The minimum atomic E-state index is 1.37. The molecule has 0 aliphatic heterocycles. The van der Waals surface area contributed by atoms with Gasteiger partial charge in [0.25, 0.3) is 0 Å². The van der Waals surface area contributed by atoms with Crippen molar-refractivity contribution in [2.75, 3.05) is 0 Å². The quantitative estimate of drug-likeness (QED) is 0.484. The lowest BCUT2D eigenvalue weighted by atomic mass is 10.1. The lowest BCUT2D eigenvalue weighted by Crippen LogP contribution is -1.72. The van der Waals surface area contributed by atoms with Gasteiger partial charge in [0.15, 0.2) is 0 Å². The number of benzene rings is 2. The molecule has 3 aromatic rings. The average Bonchev–Trinajstić information content (AvgIpc) is 2.71. The highest BCUT2D eigenvalue weighted by atomic mass is 32.1. The van der Waals surface area contributed by atoms with Gasteiger partial charge >= 0.3 is 0 Å². The standard InChI is InChI=1S/C13H10S.C2H6/c1-9-5-4-8-12-13(9)10-6-2-3-7-11(10)14-12;1-2/h2-8H,1H3;1-2H3. The highest BCUT2D eigenvalue weighted by Crippen LogP contribution is 2.35. The summed E-state index contributed by atoms with van der Waals surface area (Å²) in [6.45, 7) is 6.18. The van der Waals surface area contributed by atoms with E-state index >= 15 is 0 Å². The molecule has 0 saturated heterocycles. The monoisotopic (exact) mass is 228 g/mol. The molecule has 82 valence electrons. The van der Waals surface area contributed by atoms with Gasteiger partial charge in [-0.2, -0.15) is 0 Å². The van der Waals surface area contributed by atoms with E-state index in [2.05, 4.69) is 49.4 Å². The Morgan fingerprint density at radius 2 is 1.50 bits per heavy atom. The van der Waals surface area contributed by atoms with Crippen LogP contribution in [0.4, 0.5) is 0 Å².